The predicted molar refractivity (Wildman–Crippen MR) is 120 cm³/mol. The first-order valence-corrected chi connectivity index (χ1v) is 10.3. The number of hydrogen-bond donors (Lipinski definition) is 1. The molecule has 1 saturated heterocycles. The van der Waals surface area contributed by atoms with Gasteiger partial charge in [0.1, 0.15) is 0 Å². The summed E-state index contributed by atoms with van der Waals surface area (Å²) in [6.07, 6.45) is 0.884. The van der Waals surface area contributed by atoms with Crippen molar-refractivity contribution in [1.82, 2.24) is 4.90 Å². The molecule has 0 aliphatic carbocycles. The van der Waals surface area contributed by atoms with E-state index < -0.39 is 0 Å². The molecule has 3 aromatic rings. The van der Waals surface area contributed by atoms with Crippen molar-refractivity contribution >= 4 is 34.9 Å². The number of urea groups is 1. The first-order valence-electron chi connectivity index (χ1n) is 9.87. The van der Waals surface area contributed by atoms with Crippen LogP contribution in [0.25, 0.3) is 0 Å². The summed E-state index contributed by atoms with van der Waals surface area (Å²) in [7, 11) is 0. The van der Waals surface area contributed by atoms with Gasteiger partial charge in [0.05, 0.1) is 0 Å². The van der Waals surface area contributed by atoms with Crippen molar-refractivity contribution in [2.24, 2.45) is 0 Å². The molecule has 0 unspecified atom stereocenters. The zero-order chi connectivity index (χ0) is 20.9. The Morgan fingerprint density at radius 3 is 2.30 bits per heavy atom. The lowest BCUT2D eigenvalue weighted by molar-refractivity contribution is 0.102. The first-order chi connectivity index (χ1) is 14.6. The van der Waals surface area contributed by atoms with Crippen LogP contribution in [0.15, 0.2) is 78.9 Å². The molecule has 4 rings (SSSR count). The van der Waals surface area contributed by atoms with Crippen LogP contribution in [0.4, 0.5) is 16.2 Å². The molecular formula is C24H22ClN3O2. The van der Waals surface area contributed by atoms with Crippen LogP contribution in [0, 0.1) is 0 Å². The highest BCUT2D eigenvalue weighted by Gasteiger charge is 2.26. The second-order valence-electron chi connectivity index (χ2n) is 7.20. The summed E-state index contributed by atoms with van der Waals surface area (Å²) < 4.78 is 0. The maximum absolute atomic E-state index is 13.0. The summed E-state index contributed by atoms with van der Waals surface area (Å²) in [5.74, 6) is -0.179. The maximum Gasteiger partial charge on any atom is 0.324 e. The van der Waals surface area contributed by atoms with E-state index in [1.54, 1.807) is 17.0 Å². The third kappa shape index (κ3) is 4.63. The number of carbonyl (C=O) groups excluding carboxylic acids is 2. The fourth-order valence-corrected chi connectivity index (χ4v) is 3.62. The van der Waals surface area contributed by atoms with Gasteiger partial charge >= 0.3 is 6.03 Å². The summed E-state index contributed by atoms with van der Waals surface area (Å²) in [5.41, 5.74) is 3.13. The molecule has 1 heterocycles. The van der Waals surface area contributed by atoms with Crippen LogP contribution in [-0.2, 0) is 6.54 Å². The topological polar surface area (TPSA) is 52.7 Å². The molecule has 152 valence electrons. The van der Waals surface area contributed by atoms with Gasteiger partial charge in [-0.1, -0.05) is 41.9 Å². The monoisotopic (exact) mass is 419 g/mol. The lowest BCUT2D eigenvalue weighted by Gasteiger charge is -2.35. The molecule has 0 radical (unpaired) electrons. The van der Waals surface area contributed by atoms with Gasteiger partial charge in [-0.2, -0.15) is 0 Å². The van der Waals surface area contributed by atoms with Crippen LogP contribution >= 0.6 is 11.6 Å². The lowest BCUT2D eigenvalue weighted by Crippen LogP contribution is -2.49. The summed E-state index contributed by atoms with van der Waals surface area (Å²) in [6, 6.07) is 24.0. The average Bonchev–Trinajstić information content (AvgIpc) is 2.77. The van der Waals surface area contributed by atoms with Crippen molar-refractivity contribution in [3.63, 3.8) is 0 Å². The van der Waals surface area contributed by atoms with E-state index >= 15 is 0 Å². The van der Waals surface area contributed by atoms with Gasteiger partial charge in [-0.3, -0.25) is 9.69 Å². The number of carbonyl (C=O) groups is 2. The van der Waals surface area contributed by atoms with Gasteiger partial charge in [-0.25, -0.2) is 4.79 Å². The zero-order valence-electron chi connectivity index (χ0n) is 16.4. The number of nitrogens with one attached hydrogen (secondary N) is 1. The minimum atomic E-state index is -0.179. The van der Waals surface area contributed by atoms with Crippen molar-refractivity contribution < 1.29 is 9.59 Å². The van der Waals surface area contributed by atoms with E-state index in [-0.39, 0.29) is 11.9 Å². The van der Waals surface area contributed by atoms with Crippen molar-refractivity contribution in [3.8, 4) is 0 Å². The maximum atomic E-state index is 13.0. The van der Waals surface area contributed by atoms with Gasteiger partial charge in [-0.15, -0.1) is 0 Å². The van der Waals surface area contributed by atoms with Crippen LogP contribution in [0.1, 0.15) is 22.3 Å². The lowest BCUT2D eigenvalue weighted by atomic mass is 10.1. The molecule has 0 atom stereocenters. The molecule has 1 aliphatic rings. The summed E-state index contributed by atoms with van der Waals surface area (Å²) in [4.78, 5) is 29.0. The first kappa shape index (κ1) is 20.0. The summed E-state index contributed by atoms with van der Waals surface area (Å²) in [6.45, 7) is 1.92. The molecule has 30 heavy (non-hydrogen) atoms. The van der Waals surface area contributed by atoms with Crippen LogP contribution in [-0.4, -0.2) is 29.9 Å². The molecule has 0 saturated carbocycles. The molecule has 0 bridgehead atoms. The molecule has 1 fully saturated rings. The molecular weight excluding hydrogens is 398 g/mol. The van der Waals surface area contributed by atoms with E-state index in [0.29, 0.717) is 23.7 Å². The third-order valence-electron chi connectivity index (χ3n) is 5.07. The number of amides is 3. The van der Waals surface area contributed by atoms with E-state index in [2.05, 4.69) is 5.32 Å². The number of anilines is 2. The highest BCUT2D eigenvalue weighted by Crippen LogP contribution is 2.23. The third-order valence-corrected chi connectivity index (χ3v) is 5.32. The van der Waals surface area contributed by atoms with E-state index in [1.165, 1.54) is 0 Å². The fraction of sp³-hybridized carbons (Fsp3) is 0.167. The van der Waals surface area contributed by atoms with Gasteiger partial charge in [0.15, 0.2) is 0 Å². The zero-order valence-corrected chi connectivity index (χ0v) is 17.2. The van der Waals surface area contributed by atoms with E-state index in [9.17, 15) is 9.59 Å². The molecule has 3 amide bonds. The number of hydrogen-bond acceptors (Lipinski definition) is 2. The van der Waals surface area contributed by atoms with Gasteiger partial charge in [-0.05, 0) is 60.5 Å². The predicted octanol–water partition coefficient (Wildman–Crippen LogP) is 5.42. The largest absolute Gasteiger partial charge is 0.324 e. The molecule has 1 N–H and O–H groups in total. The van der Waals surface area contributed by atoms with E-state index in [1.807, 2.05) is 71.6 Å². The van der Waals surface area contributed by atoms with Crippen LogP contribution in [0.3, 0.4) is 0 Å². The molecule has 1 aliphatic heterocycles. The Kier molecular flexibility index (Phi) is 6.00. The standard InChI is InChI=1S/C24H22ClN3O2/c25-20-11-7-18(8-12-20)17-27-15-4-16-28(24(27)30)22-13-9-19(10-14-22)23(29)26-21-5-2-1-3-6-21/h1-3,5-14H,4,15-17H2,(H,26,29). The molecule has 0 spiro atoms. The summed E-state index contributed by atoms with van der Waals surface area (Å²) >= 11 is 5.95. The van der Waals surface area contributed by atoms with Crippen molar-refractivity contribution in [2.75, 3.05) is 23.3 Å². The smallest absolute Gasteiger partial charge is 0.322 e. The van der Waals surface area contributed by atoms with E-state index in [0.717, 1.165) is 29.9 Å². The highest BCUT2D eigenvalue weighted by atomic mass is 35.5. The minimum absolute atomic E-state index is 0.0299. The van der Waals surface area contributed by atoms with Crippen LogP contribution in [0.2, 0.25) is 5.02 Å². The van der Waals surface area contributed by atoms with Gasteiger partial charge in [0, 0.05) is 41.6 Å². The normalized spacial score (nSPS) is 14.0. The van der Waals surface area contributed by atoms with Crippen molar-refractivity contribution in [3.05, 3.63) is 95.0 Å². The van der Waals surface area contributed by atoms with Crippen molar-refractivity contribution in [1.29, 1.82) is 0 Å². The molecule has 5 nitrogen and oxygen atoms in total. The van der Waals surface area contributed by atoms with Crippen molar-refractivity contribution in [2.45, 2.75) is 13.0 Å². The number of benzene rings is 3. The second kappa shape index (κ2) is 9.01. The Bertz CT molecular complexity index is 1020. The van der Waals surface area contributed by atoms with Gasteiger partial charge < -0.3 is 10.2 Å². The number of para-hydroxylation sites is 1. The van der Waals surface area contributed by atoms with Crippen LogP contribution < -0.4 is 10.2 Å². The molecule has 0 aromatic heterocycles. The Morgan fingerprint density at radius 2 is 1.60 bits per heavy atom. The fourth-order valence-electron chi connectivity index (χ4n) is 3.50. The minimum Gasteiger partial charge on any atom is -0.322 e. The number of nitrogens with zero attached hydrogens (tertiary/aromatic N) is 2. The number of rotatable bonds is 5. The quantitative estimate of drug-likeness (QED) is 0.599. The van der Waals surface area contributed by atoms with Crippen LogP contribution in [0.5, 0.6) is 0 Å². The Balaban J connectivity index is 1.43. The Morgan fingerprint density at radius 1 is 0.900 bits per heavy atom. The van der Waals surface area contributed by atoms with Gasteiger partial charge in [0.2, 0.25) is 0 Å². The Labute approximate surface area is 180 Å². The average molecular weight is 420 g/mol. The number of halogens is 1. The highest BCUT2D eigenvalue weighted by molar-refractivity contribution is 6.30. The molecule has 6 heteroatoms. The Hall–Kier alpha value is -3.31. The van der Waals surface area contributed by atoms with E-state index in [4.69, 9.17) is 11.6 Å². The summed E-state index contributed by atoms with van der Waals surface area (Å²) in [5, 5.41) is 3.55. The second-order valence-corrected chi connectivity index (χ2v) is 7.64. The SMILES string of the molecule is O=C(Nc1ccccc1)c1ccc(N2CCCN(Cc3ccc(Cl)cc3)C2=O)cc1. The van der Waals surface area contributed by atoms with Gasteiger partial charge in [0.25, 0.3) is 5.91 Å². The molecule has 3 aromatic carbocycles.